The first-order valence-electron chi connectivity index (χ1n) is 7.01. The van der Waals surface area contributed by atoms with Crippen LogP contribution in [0.3, 0.4) is 0 Å². The Balaban J connectivity index is 2.46. The molecule has 0 unspecified atom stereocenters. The number of benzene rings is 2. The van der Waals surface area contributed by atoms with E-state index in [0.717, 1.165) is 17.7 Å². The Morgan fingerprint density at radius 1 is 1.08 bits per heavy atom. The molecule has 0 saturated carbocycles. The number of rotatable bonds is 4. The second kappa shape index (κ2) is 6.64. The van der Waals surface area contributed by atoms with Gasteiger partial charge in [0.1, 0.15) is 0 Å². The molecule has 0 fully saturated rings. The van der Waals surface area contributed by atoms with E-state index in [9.17, 15) is 21.6 Å². The van der Waals surface area contributed by atoms with E-state index >= 15 is 0 Å². The number of halogens is 4. The molecule has 0 aliphatic heterocycles. The highest BCUT2D eigenvalue weighted by Gasteiger charge is 2.34. The molecule has 130 valence electrons. The summed E-state index contributed by atoms with van der Waals surface area (Å²) >= 11 is 5.52. The Hall–Kier alpha value is -1.73. The maximum atomic E-state index is 12.9. The third kappa shape index (κ3) is 4.02. The summed E-state index contributed by atoms with van der Waals surface area (Å²) in [4.78, 5) is -0.502. The SMILES string of the molecule is CC(C)c1ccccc1NS(=O)(=O)c1ccc(Cl)c(C(F)(F)F)c1. The molecule has 2 aromatic rings. The number of anilines is 1. The van der Waals surface area contributed by atoms with Gasteiger partial charge < -0.3 is 0 Å². The third-order valence-corrected chi connectivity index (χ3v) is 5.07. The van der Waals surface area contributed by atoms with Crippen LogP contribution < -0.4 is 4.72 Å². The smallest absolute Gasteiger partial charge is 0.279 e. The van der Waals surface area contributed by atoms with E-state index in [1.807, 2.05) is 13.8 Å². The Bertz CT molecular complexity index is 849. The second-order valence-corrected chi connectivity index (χ2v) is 7.58. The normalized spacial score (nSPS) is 12.5. The fraction of sp³-hybridized carbons (Fsp3) is 0.250. The van der Waals surface area contributed by atoms with Crippen LogP contribution >= 0.6 is 11.6 Å². The summed E-state index contributed by atoms with van der Waals surface area (Å²) < 4.78 is 66.0. The molecule has 24 heavy (non-hydrogen) atoms. The van der Waals surface area contributed by atoms with Crippen molar-refractivity contribution in [3.05, 3.63) is 58.6 Å². The first kappa shape index (κ1) is 18.6. The average molecular weight is 378 g/mol. The number of nitrogens with one attached hydrogen (secondary N) is 1. The van der Waals surface area contributed by atoms with Crippen LogP contribution in [0.25, 0.3) is 0 Å². The number of para-hydroxylation sites is 1. The van der Waals surface area contributed by atoms with Crippen LogP contribution in [0.4, 0.5) is 18.9 Å². The average Bonchev–Trinajstić information content (AvgIpc) is 2.46. The van der Waals surface area contributed by atoms with Gasteiger partial charge in [0, 0.05) is 0 Å². The summed E-state index contributed by atoms with van der Waals surface area (Å²) in [5.74, 6) is 0.0415. The van der Waals surface area contributed by atoms with Crippen molar-refractivity contribution in [1.29, 1.82) is 0 Å². The summed E-state index contributed by atoms with van der Waals surface area (Å²) in [5, 5.41) is -0.552. The molecule has 0 aliphatic carbocycles. The van der Waals surface area contributed by atoms with Crippen molar-refractivity contribution in [3.8, 4) is 0 Å². The van der Waals surface area contributed by atoms with Gasteiger partial charge in [-0.2, -0.15) is 13.2 Å². The van der Waals surface area contributed by atoms with E-state index in [0.29, 0.717) is 11.8 Å². The fourth-order valence-electron chi connectivity index (χ4n) is 2.19. The standard InChI is InChI=1S/C16H15ClF3NO2S/c1-10(2)12-5-3-4-6-15(12)21-24(22,23)11-7-8-14(17)13(9-11)16(18,19)20/h3-10,21H,1-2H3. The predicted octanol–water partition coefficient (Wildman–Crippen LogP) is 5.28. The highest BCUT2D eigenvalue weighted by molar-refractivity contribution is 7.92. The molecule has 0 amide bonds. The molecule has 0 saturated heterocycles. The molecule has 8 heteroatoms. The Labute approximate surface area is 143 Å². The molecular weight excluding hydrogens is 363 g/mol. The minimum absolute atomic E-state index is 0.0415. The quantitative estimate of drug-likeness (QED) is 0.787. The fourth-order valence-corrected chi connectivity index (χ4v) is 3.52. The lowest BCUT2D eigenvalue weighted by atomic mass is 10.0. The Kier molecular flexibility index (Phi) is 5.15. The molecule has 0 heterocycles. The zero-order valence-corrected chi connectivity index (χ0v) is 14.4. The van der Waals surface area contributed by atoms with Crippen molar-refractivity contribution in [2.24, 2.45) is 0 Å². The topological polar surface area (TPSA) is 46.2 Å². The van der Waals surface area contributed by atoms with Gasteiger partial charge in [-0.1, -0.05) is 43.6 Å². The number of sulfonamides is 1. The lowest BCUT2D eigenvalue weighted by Crippen LogP contribution is -2.16. The lowest BCUT2D eigenvalue weighted by Gasteiger charge is -2.16. The summed E-state index contributed by atoms with van der Waals surface area (Å²) in [5.41, 5.74) is -0.119. The van der Waals surface area contributed by atoms with Crippen molar-refractivity contribution in [2.45, 2.75) is 30.8 Å². The number of hydrogen-bond acceptors (Lipinski definition) is 2. The molecule has 0 aliphatic rings. The predicted molar refractivity (Wildman–Crippen MR) is 87.8 cm³/mol. The zero-order chi connectivity index (χ0) is 18.1. The van der Waals surface area contributed by atoms with Crippen LogP contribution in [0, 0.1) is 0 Å². The van der Waals surface area contributed by atoms with Gasteiger partial charge >= 0.3 is 6.18 Å². The first-order chi connectivity index (χ1) is 11.0. The molecule has 0 atom stereocenters. The van der Waals surface area contributed by atoms with E-state index in [1.54, 1.807) is 24.3 Å². The van der Waals surface area contributed by atoms with E-state index < -0.39 is 31.7 Å². The van der Waals surface area contributed by atoms with Crippen molar-refractivity contribution in [2.75, 3.05) is 4.72 Å². The van der Waals surface area contributed by atoms with Gasteiger partial charge in [-0.05, 0) is 35.7 Å². The van der Waals surface area contributed by atoms with Gasteiger partial charge in [-0.25, -0.2) is 8.42 Å². The zero-order valence-electron chi connectivity index (χ0n) is 12.9. The van der Waals surface area contributed by atoms with Gasteiger partial charge in [0.05, 0.1) is 21.2 Å². The van der Waals surface area contributed by atoms with Gasteiger partial charge in [0.2, 0.25) is 0 Å². The van der Waals surface area contributed by atoms with E-state index in [-0.39, 0.29) is 5.92 Å². The van der Waals surface area contributed by atoms with Crippen LogP contribution in [0.1, 0.15) is 30.9 Å². The monoisotopic (exact) mass is 377 g/mol. The largest absolute Gasteiger partial charge is 0.417 e. The Morgan fingerprint density at radius 3 is 2.29 bits per heavy atom. The maximum Gasteiger partial charge on any atom is 0.417 e. The summed E-state index contributed by atoms with van der Waals surface area (Å²) in [6.07, 6.45) is -4.74. The van der Waals surface area contributed by atoms with Crippen LogP contribution in [0.2, 0.25) is 5.02 Å². The van der Waals surface area contributed by atoms with Crippen molar-refractivity contribution in [3.63, 3.8) is 0 Å². The van der Waals surface area contributed by atoms with Gasteiger partial charge in [-0.15, -0.1) is 0 Å². The molecule has 0 radical (unpaired) electrons. The summed E-state index contributed by atoms with van der Waals surface area (Å²) in [7, 11) is -4.18. The van der Waals surface area contributed by atoms with Gasteiger partial charge in [0.15, 0.2) is 0 Å². The van der Waals surface area contributed by atoms with Crippen LogP contribution in [-0.2, 0) is 16.2 Å². The molecule has 1 N–H and O–H groups in total. The van der Waals surface area contributed by atoms with E-state index in [1.165, 1.54) is 0 Å². The number of hydrogen-bond donors (Lipinski definition) is 1. The minimum Gasteiger partial charge on any atom is -0.279 e. The van der Waals surface area contributed by atoms with Crippen molar-refractivity contribution >= 4 is 27.3 Å². The van der Waals surface area contributed by atoms with E-state index in [2.05, 4.69) is 4.72 Å². The van der Waals surface area contributed by atoms with E-state index in [4.69, 9.17) is 11.6 Å². The Morgan fingerprint density at radius 2 is 1.71 bits per heavy atom. The summed E-state index contributed by atoms with van der Waals surface area (Å²) in [6, 6.07) is 9.22. The van der Waals surface area contributed by atoms with Gasteiger partial charge in [0.25, 0.3) is 10.0 Å². The molecule has 2 aromatic carbocycles. The molecule has 3 nitrogen and oxygen atoms in total. The van der Waals surface area contributed by atoms with Crippen molar-refractivity contribution in [1.82, 2.24) is 0 Å². The minimum atomic E-state index is -4.74. The maximum absolute atomic E-state index is 12.9. The van der Waals surface area contributed by atoms with Crippen LogP contribution in [-0.4, -0.2) is 8.42 Å². The number of alkyl halides is 3. The third-order valence-electron chi connectivity index (χ3n) is 3.38. The summed E-state index contributed by atoms with van der Waals surface area (Å²) in [6.45, 7) is 3.77. The highest BCUT2D eigenvalue weighted by Crippen LogP contribution is 2.36. The first-order valence-corrected chi connectivity index (χ1v) is 8.87. The second-order valence-electron chi connectivity index (χ2n) is 5.49. The van der Waals surface area contributed by atoms with Gasteiger partial charge in [-0.3, -0.25) is 4.72 Å². The molecule has 0 bridgehead atoms. The molecular formula is C16H15ClF3NO2S. The molecule has 0 spiro atoms. The van der Waals surface area contributed by atoms with Crippen molar-refractivity contribution < 1.29 is 21.6 Å². The molecule has 2 rings (SSSR count). The lowest BCUT2D eigenvalue weighted by molar-refractivity contribution is -0.137. The highest BCUT2D eigenvalue weighted by atomic mass is 35.5. The van der Waals surface area contributed by atoms with Crippen LogP contribution in [0.5, 0.6) is 0 Å². The molecule has 0 aromatic heterocycles. The van der Waals surface area contributed by atoms with Crippen LogP contribution in [0.15, 0.2) is 47.4 Å².